The minimum atomic E-state index is -0.573. The number of fused-ring (bicyclic) bond motifs is 1. The summed E-state index contributed by atoms with van der Waals surface area (Å²) in [5, 5.41) is 4.95. The van der Waals surface area contributed by atoms with Crippen LogP contribution in [0.25, 0.3) is 10.8 Å². The molecule has 0 fully saturated rings. The first-order valence-corrected chi connectivity index (χ1v) is 6.69. The Labute approximate surface area is 126 Å². The third-order valence-electron chi connectivity index (χ3n) is 3.24. The first kappa shape index (κ1) is 13.9. The summed E-state index contributed by atoms with van der Waals surface area (Å²) >= 11 is 0. The second-order valence-corrected chi connectivity index (χ2v) is 4.76. The smallest absolute Gasteiger partial charge is 0.359 e. The molecule has 22 heavy (non-hydrogen) atoms. The number of hydrogen-bond acceptors (Lipinski definition) is 5. The van der Waals surface area contributed by atoms with Crippen LogP contribution >= 0.6 is 0 Å². The fourth-order valence-electron chi connectivity index (χ4n) is 2.15. The van der Waals surface area contributed by atoms with Gasteiger partial charge in [-0.15, -0.1) is 0 Å². The number of pyridine rings is 1. The minimum Gasteiger partial charge on any atom is -0.456 e. The van der Waals surface area contributed by atoms with Crippen LogP contribution in [0.1, 0.15) is 16.1 Å². The van der Waals surface area contributed by atoms with E-state index in [0.717, 1.165) is 10.2 Å². The van der Waals surface area contributed by atoms with Gasteiger partial charge in [-0.05, 0) is 12.1 Å². The van der Waals surface area contributed by atoms with Crippen LogP contribution in [0.3, 0.4) is 0 Å². The second-order valence-electron chi connectivity index (χ2n) is 4.76. The van der Waals surface area contributed by atoms with Gasteiger partial charge < -0.3 is 4.74 Å². The maximum absolute atomic E-state index is 12.3. The molecule has 2 aromatic heterocycles. The van der Waals surface area contributed by atoms with Crippen LogP contribution in [0, 0.1) is 0 Å². The molecule has 0 saturated carbocycles. The molecule has 0 amide bonds. The van der Waals surface area contributed by atoms with Crippen molar-refractivity contribution in [2.24, 2.45) is 7.05 Å². The number of ether oxygens (including phenoxy) is 1. The molecular formula is C16H13N3O3. The van der Waals surface area contributed by atoms with Crippen molar-refractivity contribution in [1.29, 1.82) is 0 Å². The lowest BCUT2D eigenvalue weighted by Gasteiger charge is -2.08. The van der Waals surface area contributed by atoms with Crippen molar-refractivity contribution in [3.05, 3.63) is 70.4 Å². The van der Waals surface area contributed by atoms with Crippen LogP contribution in [-0.4, -0.2) is 20.7 Å². The molecular weight excluding hydrogens is 282 g/mol. The standard InChI is InChI=1S/C16H13N3O3/c1-19-15(20)13-7-3-2-6-12(13)14(18-19)16(21)22-10-11-5-4-8-17-9-11/h2-9H,10H2,1H3. The van der Waals surface area contributed by atoms with Crippen molar-refractivity contribution in [3.63, 3.8) is 0 Å². The van der Waals surface area contributed by atoms with Crippen LogP contribution in [0.5, 0.6) is 0 Å². The molecule has 0 N–H and O–H groups in total. The van der Waals surface area contributed by atoms with Gasteiger partial charge in [-0.3, -0.25) is 9.78 Å². The highest BCUT2D eigenvalue weighted by Gasteiger charge is 2.16. The van der Waals surface area contributed by atoms with Gasteiger partial charge in [0.05, 0.1) is 5.39 Å². The summed E-state index contributed by atoms with van der Waals surface area (Å²) in [6.07, 6.45) is 3.27. The highest BCUT2D eigenvalue weighted by atomic mass is 16.5. The van der Waals surface area contributed by atoms with Crippen molar-refractivity contribution < 1.29 is 9.53 Å². The van der Waals surface area contributed by atoms with E-state index >= 15 is 0 Å². The Morgan fingerprint density at radius 2 is 1.95 bits per heavy atom. The molecule has 6 heteroatoms. The SMILES string of the molecule is Cn1nc(C(=O)OCc2cccnc2)c2ccccc2c1=O. The number of aryl methyl sites for hydroxylation is 1. The lowest BCUT2D eigenvalue weighted by molar-refractivity contribution is 0.0465. The van der Waals surface area contributed by atoms with Gasteiger partial charge in [-0.25, -0.2) is 9.48 Å². The van der Waals surface area contributed by atoms with Gasteiger partial charge in [-0.2, -0.15) is 5.10 Å². The first-order valence-electron chi connectivity index (χ1n) is 6.69. The predicted molar refractivity (Wildman–Crippen MR) is 80.3 cm³/mol. The number of benzene rings is 1. The maximum atomic E-state index is 12.3. The molecule has 0 atom stereocenters. The van der Waals surface area contributed by atoms with Gasteiger partial charge >= 0.3 is 5.97 Å². The number of nitrogens with zero attached hydrogens (tertiary/aromatic N) is 3. The average molecular weight is 295 g/mol. The molecule has 0 spiro atoms. The predicted octanol–water partition coefficient (Wildman–Crippen LogP) is 1.69. The Morgan fingerprint density at radius 1 is 1.18 bits per heavy atom. The van der Waals surface area contributed by atoms with Crippen LogP contribution in [0.2, 0.25) is 0 Å². The summed E-state index contributed by atoms with van der Waals surface area (Å²) in [5.74, 6) is -0.573. The Kier molecular flexibility index (Phi) is 3.65. The van der Waals surface area contributed by atoms with Gasteiger partial charge in [0.1, 0.15) is 6.61 Å². The van der Waals surface area contributed by atoms with Crippen molar-refractivity contribution >= 4 is 16.7 Å². The van der Waals surface area contributed by atoms with Crippen LogP contribution in [-0.2, 0) is 18.4 Å². The number of carbonyl (C=O) groups is 1. The molecule has 0 aliphatic heterocycles. The monoisotopic (exact) mass is 295 g/mol. The normalized spacial score (nSPS) is 10.6. The lowest BCUT2D eigenvalue weighted by Crippen LogP contribution is -2.23. The quantitative estimate of drug-likeness (QED) is 0.687. The van der Waals surface area contributed by atoms with E-state index in [9.17, 15) is 9.59 Å². The summed E-state index contributed by atoms with van der Waals surface area (Å²) in [6, 6.07) is 10.4. The van der Waals surface area contributed by atoms with Crippen LogP contribution in [0.15, 0.2) is 53.6 Å². The molecule has 3 rings (SSSR count). The van der Waals surface area contributed by atoms with E-state index in [1.165, 1.54) is 7.05 Å². The van der Waals surface area contributed by atoms with E-state index in [0.29, 0.717) is 10.8 Å². The summed E-state index contributed by atoms with van der Waals surface area (Å²) in [5.41, 5.74) is 0.658. The largest absolute Gasteiger partial charge is 0.456 e. The summed E-state index contributed by atoms with van der Waals surface area (Å²) in [6.45, 7) is 0.103. The van der Waals surface area contributed by atoms with E-state index in [1.54, 1.807) is 42.7 Å². The first-order chi connectivity index (χ1) is 10.7. The Hall–Kier alpha value is -3.02. The summed E-state index contributed by atoms with van der Waals surface area (Å²) < 4.78 is 6.40. The Morgan fingerprint density at radius 3 is 2.68 bits per heavy atom. The van der Waals surface area contributed by atoms with Crippen molar-refractivity contribution in [1.82, 2.24) is 14.8 Å². The van der Waals surface area contributed by atoms with Crippen LogP contribution < -0.4 is 5.56 Å². The van der Waals surface area contributed by atoms with Crippen molar-refractivity contribution in [3.8, 4) is 0 Å². The zero-order valence-electron chi connectivity index (χ0n) is 11.9. The molecule has 110 valence electrons. The van der Waals surface area contributed by atoms with Gasteiger partial charge in [0, 0.05) is 30.4 Å². The van der Waals surface area contributed by atoms with Gasteiger partial charge in [0.25, 0.3) is 5.56 Å². The third kappa shape index (κ3) is 2.58. The topological polar surface area (TPSA) is 74.1 Å². The summed E-state index contributed by atoms with van der Waals surface area (Å²) in [7, 11) is 1.51. The fraction of sp³-hybridized carbons (Fsp3) is 0.125. The van der Waals surface area contributed by atoms with Gasteiger partial charge in [-0.1, -0.05) is 24.3 Å². The van der Waals surface area contributed by atoms with E-state index in [1.807, 2.05) is 6.07 Å². The van der Waals surface area contributed by atoms with Crippen molar-refractivity contribution in [2.45, 2.75) is 6.61 Å². The minimum absolute atomic E-state index is 0.103. The highest BCUT2D eigenvalue weighted by molar-refractivity contribution is 6.02. The maximum Gasteiger partial charge on any atom is 0.359 e. The molecule has 2 heterocycles. The Balaban J connectivity index is 1.94. The number of carbonyl (C=O) groups excluding carboxylic acids is 1. The fourth-order valence-corrected chi connectivity index (χ4v) is 2.15. The number of hydrogen-bond donors (Lipinski definition) is 0. The van der Waals surface area contributed by atoms with E-state index < -0.39 is 5.97 Å². The molecule has 0 radical (unpaired) electrons. The zero-order valence-corrected chi connectivity index (χ0v) is 11.9. The van der Waals surface area contributed by atoms with Crippen LogP contribution in [0.4, 0.5) is 0 Å². The third-order valence-corrected chi connectivity index (χ3v) is 3.24. The Bertz CT molecular complexity index is 888. The van der Waals surface area contributed by atoms with E-state index in [2.05, 4.69) is 10.1 Å². The molecule has 0 aliphatic rings. The van der Waals surface area contributed by atoms with E-state index in [-0.39, 0.29) is 17.9 Å². The average Bonchev–Trinajstić information content (AvgIpc) is 2.57. The number of esters is 1. The molecule has 3 aromatic rings. The van der Waals surface area contributed by atoms with E-state index in [4.69, 9.17) is 4.74 Å². The molecule has 0 unspecified atom stereocenters. The van der Waals surface area contributed by atoms with Crippen molar-refractivity contribution in [2.75, 3.05) is 0 Å². The lowest BCUT2D eigenvalue weighted by atomic mass is 10.1. The molecule has 0 saturated heterocycles. The number of rotatable bonds is 3. The molecule has 6 nitrogen and oxygen atoms in total. The summed E-state index contributed by atoms with van der Waals surface area (Å²) in [4.78, 5) is 28.3. The second kappa shape index (κ2) is 5.77. The molecule has 0 bridgehead atoms. The molecule has 1 aromatic carbocycles. The molecule has 0 aliphatic carbocycles. The zero-order chi connectivity index (χ0) is 15.5. The number of aromatic nitrogens is 3. The van der Waals surface area contributed by atoms with Gasteiger partial charge in [0.15, 0.2) is 5.69 Å². The van der Waals surface area contributed by atoms with Gasteiger partial charge in [0.2, 0.25) is 0 Å². The highest BCUT2D eigenvalue weighted by Crippen LogP contribution is 2.14.